The van der Waals surface area contributed by atoms with Crippen LogP contribution in [-0.4, -0.2) is 87.0 Å². The highest BCUT2D eigenvalue weighted by molar-refractivity contribution is 7.88. The van der Waals surface area contributed by atoms with Gasteiger partial charge in [0.05, 0.1) is 23.4 Å². The smallest absolute Gasteiger partial charge is 0.340 e. The Bertz CT molecular complexity index is 1510. The molecule has 1 saturated heterocycles. The van der Waals surface area contributed by atoms with Crippen molar-refractivity contribution in [1.82, 2.24) is 14.1 Å². The van der Waals surface area contributed by atoms with E-state index in [0.717, 1.165) is 13.3 Å². The van der Waals surface area contributed by atoms with Crippen molar-refractivity contribution in [3.8, 4) is 0 Å². The molecule has 0 bridgehead atoms. The van der Waals surface area contributed by atoms with Crippen molar-refractivity contribution in [2.45, 2.75) is 56.0 Å². The molecule has 0 N–H and O–H groups in total. The van der Waals surface area contributed by atoms with Gasteiger partial charge in [0, 0.05) is 57.8 Å². The Morgan fingerprint density at radius 3 is 1.83 bits per heavy atom. The molecule has 0 aromatic heterocycles. The number of likely N-dealkylation sites (N-methyl/N-ethyl adjacent to an activating group) is 1. The summed E-state index contributed by atoms with van der Waals surface area (Å²) in [5, 5.41) is 0. The molecule has 1 aliphatic carbocycles. The molecule has 16 heteroatoms. The van der Waals surface area contributed by atoms with Gasteiger partial charge < -0.3 is 9.80 Å². The third kappa shape index (κ3) is 7.76. The zero-order valence-corrected chi connectivity index (χ0v) is 26.4. The number of rotatable bonds is 6. The van der Waals surface area contributed by atoms with Crippen LogP contribution in [0.15, 0.2) is 42.5 Å². The Morgan fingerprint density at radius 1 is 0.826 bits per heavy atom. The van der Waals surface area contributed by atoms with E-state index < -0.39 is 68.9 Å². The number of benzene rings is 2. The van der Waals surface area contributed by atoms with Gasteiger partial charge in [-0.3, -0.25) is 9.69 Å². The number of likely N-dealkylation sites (tertiary alicyclic amines) is 1. The Kier molecular flexibility index (Phi) is 10.0. The monoisotopic (exact) mass is 680 g/mol. The van der Waals surface area contributed by atoms with Crippen LogP contribution in [0, 0.1) is 11.7 Å². The van der Waals surface area contributed by atoms with Crippen LogP contribution < -0.4 is 4.90 Å². The summed E-state index contributed by atoms with van der Waals surface area (Å²) in [5.41, 5.74) is -3.18. The van der Waals surface area contributed by atoms with E-state index in [2.05, 4.69) is 0 Å². The lowest BCUT2D eigenvalue weighted by atomic mass is 9.85. The number of alkyl halides is 6. The largest absolute Gasteiger partial charge is 0.416 e. The van der Waals surface area contributed by atoms with Crippen molar-refractivity contribution in [3.63, 3.8) is 0 Å². The highest BCUT2D eigenvalue weighted by Gasteiger charge is 2.44. The number of halogens is 7. The molecule has 2 fully saturated rings. The number of hydrogen-bond acceptors (Lipinski definition) is 4. The highest BCUT2D eigenvalue weighted by atomic mass is 32.2. The number of anilines is 1. The van der Waals surface area contributed by atoms with Gasteiger partial charge in [-0.1, -0.05) is 12.1 Å². The first-order valence-corrected chi connectivity index (χ1v) is 16.3. The highest BCUT2D eigenvalue weighted by Crippen LogP contribution is 2.39. The number of amides is 3. The van der Waals surface area contributed by atoms with Crippen LogP contribution in [0.5, 0.6) is 0 Å². The summed E-state index contributed by atoms with van der Waals surface area (Å²) in [4.78, 5) is 30.7. The Labute approximate surface area is 262 Å². The van der Waals surface area contributed by atoms with Gasteiger partial charge in [0.25, 0.3) is 0 Å². The molecule has 1 aliphatic heterocycles. The van der Waals surface area contributed by atoms with Crippen molar-refractivity contribution in [2.24, 2.45) is 5.92 Å². The van der Waals surface area contributed by atoms with E-state index in [-0.39, 0.29) is 31.1 Å². The second-order valence-corrected chi connectivity index (χ2v) is 14.0. The third-order valence-corrected chi connectivity index (χ3v) is 10.4. The summed E-state index contributed by atoms with van der Waals surface area (Å²) < 4.78 is 120. The van der Waals surface area contributed by atoms with Crippen LogP contribution >= 0.6 is 0 Å². The number of sulfonamides is 1. The second kappa shape index (κ2) is 13.0. The lowest BCUT2D eigenvalue weighted by molar-refractivity contribution is -0.143. The van der Waals surface area contributed by atoms with Crippen LogP contribution in [0.1, 0.15) is 48.3 Å². The van der Waals surface area contributed by atoms with Crippen LogP contribution in [0.2, 0.25) is 0 Å². The summed E-state index contributed by atoms with van der Waals surface area (Å²) in [6.45, 7) is 0.137. The fraction of sp³-hybridized carbons (Fsp3) is 0.533. The van der Waals surface area contributed by atoms with Crippen molar-refractivity contribution >= 4 is 27.6 Å². The van der Waals surface area contributed by atoms with E-state index >= 15 is 0 Å². The van der Waals surface area contributed by atoms with E-state index in [1.165, 1.54) is 47.6 Å². The second-order valence-electron chi connectivity index (χ2n) is 12.0. The van der Waals surface area contributed by atoms with Crippen molar-refractivity contribution < 1.29 is 48.7 Å². The fourth-order valence-electron chi connectivity index (χ4n) is 6.23. The van der Waals surface area contributed by atoms with Crippen LogP contribution in [-0.2, 0) is 27.2 Å². The molecule has 2 aromatic carbocycles. The maximum atomic E-state index is 13.8. The van der Waals surface area contributed by atoms with Gasteiger partial charge in [-0.25, -0.2) is 21.9 Å². The topological polar surface area (TPSA) is 81.2 Å². The van der Waals surface area contributed by atoms with E-state index in [1.54, 1.807) is 4.90 Å². The average molecular weight is 681 g/mol. The van der Waals surface area contributed by atoms with Gasteiger partial charge in [0.15, 0.2) is 0 Å². The molecule has 2 atom stereocenters. The lowest BCUT2D eigenvalue weighted by Crippen LogP contribution is -2.48. The molecule has 1 heterocycles. The third-order valence-electron chi connectivity index (χ3n) is 9.03. The summed E-state index contributed by atoms with van der Waals surface area (Å²) in [5.74, 6) is -1.69. The first kappa shape index (κ1) is 35.5. The van der Waals surface area contributed by atoms with Crippen molar-refractivity contribution in [1.29, 1.82) is 0 Å². The predicted octanol–water partition coefficient (Wildman–Crippen LogP) is 5.80. The number of urea groups is 1. The minimum atomic E-state index is -5.11. The quantitative estimate of drug-likeness (QED) is 0.362. The first-order valence-electron chi connectivity index (χ1n) is 14.5. The van der Waals surface area contributed by atoms with Crippen LogP contribution in [0.4, 0.5) is 41.2 Å². The molecule has 2 aromatic rings. The minimum Gasteiger partial charge on any atom is -0.340 e. The zero-order valence-electron chi connectivity index (χ0n) is 25.6. The number of carbonyl (C=O) groups is 2. The SMILES string of the molecule is CN(C(=O)N(C)[C@@H]1CN(C(=O)[C@H]2CC[C@H](N(C)S(C)(=O)=O)CC2)C[C@H]1c1ccc(F)cc1)c1cc(C(F)(F)F)cc(C(F)(F)F)c1. The van der Waals surface area contributed by atoms with Gasteiger partial charge >= 0.3 is 18.4 Å². The van der Waals surface area contributed by atoms with Crippen LogP contribution in [0.25, 0.3) is 0 Å². The molecular formula is C30H35F7N4O4S. The molecule has 8 nitrogen and oxygen atoms in total. The van der Waals surface area contributed by atoms with Gasteiger partial charge in [-0.15, -0.1) is 0 Å². The standard InChI is InChI=1S/C30H35F7N4O4S/c1-38(24-14-20(29(32,33)34)13-21(15-24)30(35,36)37)28(43)39(2)26-17-41(16-25(26)18-5-9-22(31)10-6-18)27(42)19-7-11-23(12-8-19)40(3)46(4,44)45/h5-6,9-10,13-15,19,23,25-26H,7-8,11-12,16-17H2,1-4H3/t19-,23-,25-,26+/m0/s1. The van der Waals surface area contributed by atoms with Crippen molar-refractivity contribution in [3.05, 3.63) is 65.0 Å². The molecule has 46 heavy (non-hydrogen) atoms. The maximum Gasteiger partial charge on any atom is 0.416 e. The molecule has 4 rings (SSSR count). The number of nitrogens with zero attached hydrogens (tertiary/aromatic N) is 4. The molecular weight excluding hydrogens is 645 g/mol. The fourth-order valence-corrected chi connectivity index (χ4v) is 6.99. The van der Waals surface area contributed by atoms with E-state index in [4.69, 9.17) is 0 Å². The Morgan fingerprint density at radius 2 is 1.35 bits per heavy atom. The van der Waals surface area contributed by atoms with Gasteiger partial charge in [0.2, 0.25) is 15.9 Å². The molecule has 1 saturated carbocycles. The maximum absolute atomic E-state index is 13.8. The lowest BCUT2D eigenvalue weighted by Gasteiger charge is -2.34. The normalized spacial score (nSPS) is 22.7. The van der Waals surface area contributed by atoms with Gasteiger partial charge in [-0.05, 0) is 61.6 Å². The molecule has 0 unspecified atom stereocenters. The van der Waals surface area contributed by atoms with E-state index in [0.29, 0.717) is 48.3 Å². The van der Waals surface area contributed by atoms with E-state index in [9.17, 15) is 48.7 Å². The van der Waals surface area contributed by atoms with Crippen LogP contribution in [0.3, 0.4) is 0 Å². The van der Waals surface area contributed by atoms with Gasteiger partial charge in [-0.2, -0.15) is 26.3 Å². The molecule has 2 aliphatic rings. The van der Waals surface area contributed by atoms with Gasteiger partial charge in [0.1, 0.15) is 5.82 Å². The minimum absolute atomic E-state index is 0.0104. The first-order chi connectivity index (χ1) is 21.2. The molecule has 3 amide bonds. The zero-order chi connectivity index (χ0) is 34.4. The molecule has 254 valence electrons. The molecule has 0 radical (unpaired) electrons. The predicted molar refractivity (Wildman–Crippen MR) is 156 cm³/mol. The number of hydrogen-bond donors (Lipinski definition) is 0. The molecule has 0 spiro atoms. The van der Waals surface area contributed by atoms with Crippen molar-refractivity contribution in [2.75, 3.05) is 45.4 Å². The Hall–Kier alpha value is -3.40. The summed E-state index contributed by atoms with van der Waals surface area (Å²) >= 11 is 0. The Balaban J connectivity index is 1.58. The number of carbonyl (C=O) groups excluding carboxylic acids is 2. The summed E-state index contributed by atoms with van der Waals surface area (Å²) in [7, 11) is 0.490. The summed E-state index contributed by atoms with van der Waals surface area (Å²) in [6, 6.07) is 4.40. The summed E-state index contributed by atoms with van der Waals surface area (Å²) in [6.07, 6.45) is -7.30. The average Bonchev–Trinajstić information content (AvgIpc) is 3.43. The van der Waals surface area contributed by atoms with E-state index in [1.807, 2.05) is 0 Å².